The van der Waals surface area contributed by atoms with Crippen LogP contribution in [0.25, 0.3) is 22.5 Å². The molecule has 1 heterocycles. The van der Waals surface area contributed by atoms with E-state index in [4.69, 9.17) is 17.3 Å². The summed E-state index contributed by atoms with van der Waals surface area (Å²) in [5.74, 6) is -0.733. The minimum atomic E-state index is -4.59. The zero-order chi connectivity index (χ0) is 18.2. The van der Waals surface area contributed by atoms with E-state index in [0.717, 1.165) is 12.1 Å². The Morgan fingerprint density at radius 1 is 0.920 bits per heavy atom. The summed E-state index contributed by atoms with van der Waals surface area (Å²) >= 11 is 5.81. The van der Waals surface area contributed by atoms with Crippen molar-refractivity contribution in [3.8, 4) is 22.5 Å². The maximum absolute atomic E-state index is 13.5. The first-order valence-corrected chi connectivity index (χ1v) is 7.26. The van der Waals surface area contributed by atoms with Crippen molar-refractivity contribution in [3.05, 3.63) is 58.9 Å². The van der Waals surface area contributed by atoms with Crippen molar-refractivity contribution >= 4 is 17.5 Å². The van der Waals surface area contributed by atoms with Crippen LogP contribution in [0.2, 0.25) is 5.02 Å². The highest BCUT2D eigenvalue weighted by Gasteiger charge is 2.31. The van der Waals surface area contributed by atoms with Crippen LogP contribution in [0.15, 0.2) is 42.5 Å². The van der Waals surface area contributed by atoms with Crippen LogP contribution in [-0.2, 0) is 6.18 Å². The molecule has 2 N–H and O–H groups in total. The number of rotatable bonds is 2. The third-order valence-electron chi connectivity index (χ3n) is 3.30. The highest BCUT2D eigenvalue weighted by Crippen LogP contribution is 2.36. The van der Waals surface area contributed by atoms with Crippen LogP contribution in [-0.4, -0.2) is 15.2 Å². The Kier molecular flexibility index (Phi) is 4.30. The van der Waals surface area contributed by atoms with Crippen LogP contribution in [0, 0.1) is 5.82 Å². The average Bonchev–Trinajstić information content (AvgIpc) is 2.53. The van der Waals surface area contributed by atoms with Gasteiger partial charge in [0.05, 0.1) is 5.56 Å². The van der Waals surface area contributed by atoms with Gasteiger partial charge < -0.3 is 5.73 Å². The number of aromatic nitrogens is 3. The number of halogens is 5. The maximum Gasteiger partial charge on any atom is 0.416 e. The lowest BCUT2D eigenvalue weighted by atomic mass is 10.0. The van der Waals surface area contributed by atoms with Gasteiger partial charge in [0.15, 0.2) is 0 Å². The Labute approximate surface area is 144 Å². The first kappa shape index (κ1) is 17.1. The molecule has 0 fully saturated rings. The van der Waals surface area contributed by atoms with Crippen LogP contribution in [0.3, 0.4) is 0 Å². The standard InChI is InChI=1S/C16H9ClF4N4/c17-11-5-9(4-10(7-11)16(19,20)21)14-13(23-15(22)25-24-14)8-2-1-3-12(18)6-8/h1-7H,(H2,22,23,25). The quantitative estimate of drug-likeness (QED) is 0.671. The Balaban J connectivity index is 2.24. The minimum Gasteiger partial charge on any atom is -0.366 e. The molecule has 4 nitrogen and oxygen atoms in total. The molecule has 3 rings (SSSR count). The predicted octanol–water partition coefficient (Wildman–Crippen LogP) is 4.60. The molecule has 9 heteroatoms. The molecule has 0 amide bonds. The number of anilines is 1. The van der Waals surface area contributed by atoms with Crippen molar-refractivity contribution < 1.29 is 17.6 Å². The molecule has 0 bridgehead atoms. The molecule has 0 aliphatic heterocycles. The summed E-state index contributed by atoms with van der Waals surface area (Å²) in [6.45, 7) is 0. The third kappa shape index (κ3) is 3.69. The van der Waals surface area contributed by atoms with E-state index in [0.29, 0.717) is 5.56 Å². The summed E-state index contributed by atoms with van der Waals surface area (Å²) in [5.41, 5.74) is 5.02. The van der Waals surface area contributed by atoms with Crippen molar-refractivity contribution in [2.75, 3.05) is 5.73 Å². The zero-order valence-electron chi connectivity index (χ0n) is 12.4. The van der Waals surface area contributed by atoms with Crippen LogP contribution in [0.5, 0.6) is 0 Å². The van der Waals surface area contributed by atoms with Crippen LogP contribution in [0.4, 0.5) is 23.5 Å². The minimum absolute atomic E-state index is 0.00722. The number of benzene rings is 2. The fourth-order valence-corrected chi connectivity index (χ4v) is 2.50. The Morgan fingerprint density at radius 2 is 1.68 bits per heavy atom. The second-order valence-corrected chi connectivity index (χ2v) is 5.54. The molecule has 0 unspecified atom stereocenters. The van der Waals surface area contributed by atoms with E-state index in [1.54, 1.807) is 0 Å². The molecule has 128 valence electrons. The van der Waals surface area contributed by atoms with E-state index < -0.39 is 17.6 Å². The van der Waals surface area contributed by atoms with Gasteiger partial charge in [-0.15, -0.1) is 10.2 Å². The molecule has 0 radical (unpaired) electrons. The molecule has 0 saturated heterocycles. The highest BCUT2D eigenvalue weighted by molar-refractivity contribution is 6.31. The summed E-state index contributed by atoms with van der Waals surface area (Å²) < 4.78 is 52.6. The summed E-state index contributed by atoms with van der Waals surface area (Å²) in [6.07, 6.45) is -4.59. The van der Waals surface area contributed by atoms with Crippen molar-refractivity contribution in [1.29, 1.82) is 0 Å². The van der Waals surface area contributed by atoms with Gasteiger partial charge in [-0.2, -0.15) is 13.2 Å². The number of nitrogen functional groups attached to an aromatic ring is 1. The maximum atomic E-state index is 13.5. The van der Waals surface area contributed by atoms with E-state index in [1.807, 2.05) is 0 Å². The second kappa shape index (κ2) is 6.29. The van der Waals surface area contributed by atoms with Gasteiger partial charge in [0, 0.05) is 16.1 Å². The predicted molar refractivity (Wildman–Crippen MR) is 85.1 cm³/mol. The van der Waals surface area contributed by atoms with Gasteiger partial charge in [-0.25, -0.2) is 9.37 Å². The molecular formula is C16H9ClF4N4. The Morgan fingerprint density at radius 3 is 2.36 bits per heavy atom. The lowest BCUT2D eigenvalue weighted by molar-refractivity contribution is -0.137. The molecule has 3 aromatic rings. The molecule has 25 heavy (non-hydrogen) atoms. The average molecular weight is 369 g/mol. The van der Waals surface area contributed by atoms with Crippen LogP contribution in [0.1, 0.15) is 5.56 Å². The number of nitrogens with two attached hydrogens (primary N) is 1. The Hall–Kier alpha value is -2.74. The Bertz CT molecular complexity index is 944. The second-order valence-electron chi connectivity index (χ2n) is 5.10. The number of hydrogen-bond acceptors (Lipinski definition) is 4. The normalized spacial score (nSPS) is 11.6. The van der Waals surface area contributed by atoms with E-state index in [1.165, 1.54) is 30.3 Å². The van der Waals surface area contributed by atoms with Gasteiger partial charge >= 0.3 is 6.18 Å². The van der Waals surface area contributed by atoms with E-state index in [2.05, 4.69) is 15.2 Å². The lowest BCUT2D eigenvalue weighted by Crippen LogP contribution is -2.06. The zero-order valence-corrected chi connectivity index (χ0v) is 13.1. The molecular weight excluding hydrogens is 360 g/mol. The summed E-state index contributed by atoms with van der Waals surface area (Å²) in [5, 5.41) is 7.29. The van der Waals surface area contributed by atoms with Gasteiger partial charge in [0.25, 0.3) is 0 Å². The van der Waals surface area contributed by atoms with Gasteiger partial charge in [-0.3, -0.25) is 0 Å². The largest absolute Gasteiger partial charge is 0.416 e. The van der Waals surface area contributed by atoms with Crippen molar-refractivity contribution in [3.63, 3.8) is 0 Å². The van der Waals surface area contributed by atoms with Gasteiger partial charge in [0.2, 0.25) is 5.95 Å². The number of alkyl halides is 3. The SMILES string of the molecule is Nc1nnc(-c2cc(Cl)cc(C(F)(F)F)c2)c(-c2cccc(F)c2)n1. The molecule has 0 aliphatic carbocycles. The van der Waals surface area contributed by atoms with Crippen molar-refractivity contribution in [2.24, 2.45) is 0 Å². The number of hydrogen-bond donors (Lipinski definition) is 1. The van der Waals surface area contributed by atoms with E-state index in [-0.39, 0.29) is 27.9 Å². The van der Waals surface area contributed by atoms with Crippen molar-refractivity contribution in [1.82, 2.24) is 15.2 Å². The van der Waals surface area contributed by atoms with E-state index in [9.17, 15) is 17.6 Å². The topological polar surface area (TPSA) is 64.7 Å². The smallest absolute Gasteiger partial charge is 0.366 e. The van der Waals surface area contributed by atoms with E-state index >= 15 is 0 Å². The first-order chi connectivity index (χ1) is 11.7. The van der Waals surface area contributed by atoms with Gasteiger partial charge in [0.1, 0.15) is 17.2 Å². The highest BCUT2D eigenvalue weighted by atomic mass is 35.5. The monoisotopic (exact) mass is 368 g/mol. The van der Waals surface area contributed by atoms with Crippen LogP contribution >= 0.6 is 11.6 Å². The summed E-state index contributed by atoms with van der Waals surface area (Å²) in [7, 11) is 0. The van der Waals surface area contributed by atoms with Crippen molar-refractivity contribution in [2.45, 2.75) is 6.18 Å². The third-order valence-corrected chi connectivity index (χ3v) is 3.52. The molecule has 0 spiro atoms. The van der Waals surface area contributed by atoms with Crippen LogP contribution < -0.4 is 5.73 Å². The fourth-order valence-electron chi connectivity index (χ4n) is 2.26. The lowest BCUT2D eigenvalue weighted by Gasteiger charge is -2.12. The molecule has 0 saturated carbocycles. The molecule has 2 aromatic carbocycles. The molecule has 0 aliphatic rings. The number of nitrogens with zero attached hydrogens (tertiary/aromatic N) is 3. The van der Waals surface area contributed by atoms with Gasteiger partial charge in [-0.05, 0) is 30.3 Å². The van der Waals surface area contributed by atoms with Gasteiger partial charge in [-0.1, -0.05) is 23.7 Å². The fraction of sp³-hybridized carbons (Fsp3) is 0.0625. The summed E-state index contributed by atoms with van der Waals surface area (Å²) in [4.78, 5) is 4.00. The molecule has 1 aromatic heterocycles. The molecule has 0 atom stereocenters. The summed E-state index contributed by atoms with van der Waals surface area (Å²) in [6, 6.07) is 8.32. The first-order valence-electron chi connectivity index (χ1n) is 6.88.